The number of thioether (sulfide) groups is 1. The molecule has 0 bridgehead atoms. The van der Waals surface area contributed by atoms with E-state index in [0.717, 1.165) is 24.2 Å². The van der Waals surface area contributed by atoms with Crippen LogP contribution in [0.1, 0.15) is 19.0 Å². The molecule has 0 radical (unpaired) electrons. The molecule has 1 aliphatic rings. The molecule has 3 rings (SSSR count). The number of nitrogens with one attached hydrogen (secondary N) is 1. The highest BCUT2D eigenvalue weighted by molar-refractivity contribution is 7.99. The molecule has 3 N–H and O–H groups in total. The Labute approximate surface area is 138 Å². The van der Waals surface area contributed by atoms with Crippen LogP contribution in [0.5, 0.6) is 0 Å². The molecule has 8 heteroatoms. The van der Waals surface area contributed by atoms with Crippen LogP contribution in [0, 0.1) is 0 Å². The molecule has 2 aromatic rings. The summed E-state index contributed by atoms with van der Waals surface area (Å²) in [5, 5.41) is 3.70. The first-order valence-corrected chi connectivity index (χ1v) is 8.40. The Hall–Kier alpha value is -2.35. The minimum atomic E-state index is -0.518. The van der Waals surface area contributed by atoms with Crippen molar-refractivity contribution in [2.24, 2.45) is 0 Å². The van der Waals surface area contributed by atoms with Crippen LogP contribution < -0.4 is 16.0 Å². The second kappa shape index (κ2) is 6.82. The van der Waals surface area contributed by atoms with Crippen molar-refractivity contribution >= 4 is 35.4 Å². The summed E-state index contributed by atoms with van der Waals surface area (Å²) in [5.41, 5.74) is 7.50. The van der Waals surface area contributed by atoms with Crippen molar-refractivity contribution in [3.05, 3.63) is 30.1 Å². The third-order valence-corrected chi connectivity index (χ3v) is 4.47. The van der Waals surface area contributed by atoms with Crippen LogP contribution in [0.3, 0.4) is 0 Å². The van der Waals surface area contributed by atoms with Crippen molar-refractivity contribution < 1.29 is 4.79 Å². The molecular weight excluding hydrogens is 312 g/mol. The van der Waals surface area contributed by atoms with Crippen molar-refractivity contribution in [3.8, 4) is 0 Å². The van der Waals surface area contributed by atoms with Gasteiger partial charge in [0.1, 0.15) is 5.69 Å². The molecule has 0 spiro atoms. The van der Waals surface area contributed by atoms with Crippen molar-refractivity contribution in [2.45, 2.75) is 31.2 Å². The second-order valence-corrected chi connectivity index (χ2v) is 6.17. The molecule has 0 aliphatic carbocycles. The summed E-state index contributed by atoms with van der Waals surface area (Å²) < 4.78 is 0. The molecule has 0 aromatic carbocycles. The van der Waals surface area contributed by atoms with Crippen molar-refractivity contribution in [2.75, 3.05) is 21.7 Å². The summed E-state index contributed by atoms with van der Waals surface area (Å²) in [6.45, 7) is 2.57. The van der Waals surface area contributed by atoms with E-state index in [1.807, 2.05) is 23.1 Å². The van der Waals surface area contributed by atoms with Crippen molar-refractivity contribution in [1.82, 2.24) is 15.0 Å². The Balaban J connectivity index is 1.94. The molecule has 1 atom stereocenters. The molecule has 0 saturated heterocycles. The third-order valence-electron chi connectivity index (χ3n) is 3.42. The monoisotopic (exact) mass is 330 g/mol. The lowest BCUT2D eigenvalue weighted by molar-refractivity contribution is -0.108. The topological polar surface area (TPSA) is 97.0 Å². The molecule has 3 heterocycles. The standard InChI is InChI=1S/C15H18N6OS/c1-2-7-23-15-19-13(16)12-14(20-15)21(11(9-22)18-12)8-10-5-3-4-6-17-10/h3-6,9,11,18H,2,7-8H2,1H3,(H2,16,19,20). The Morgan fingerprint density at radius 1 is 1.43 bits per heavy atom. The predicted molar refractivity (Wildman–Crippen MR) is 91.4 cm³/mol. The van der Waals surface area contributed by atoms with Gasteiger partial charge >= 0.3 is 0 Å². The number of fused-ring (bicyclic) bond motifs is 1. The van der Waals surface area contributed by atoms with Crippen LogP contribution in [-0.4, -0.2) is 33.2 Å². The van der Waals surface area contributed by atoms with Gasteiger partial charge in [-0.3, -0.25) is 9.78 Å². The van der Waals surface area contributed by atoms with E-state index in [1.165, 1.54) is 0 Å². The first-order valence-electron chi connectivity index (χ1n) is 7.41. The number of aromatic nitrogens is 3. The molecule has 1 unspecified atom stereocenters. The number of nitrogen functional groups attached to an aromatic ring is 1. The molecule has 23 heavy (non-hydrogen) atoms. The van der Waals surface area contributed by atoms with Gasteiger partial charge < -0.3 is 16.0 Å². The summed E-state index contributed by atoms with van der Waals surface area (Å²) in [6.07, 6.45) is 3.07. The lowest BCUT2D eigenvalue weighted by atomic mass is 10.3. The number of carbonyl (C=O) groups excluding carboxylic acids is 1. The lowest BCUT2D eigenvalue weighted by Gasteiger charge is -2.21. The largest absolute Gasteiger partial charge is 0.382 e. The molecule has 7 nitrogen and oxygen atoms in total. The fourth-order valence-corrected chi connectivity index (χ4v) is 3.05. The molecular formula is C15H18N6OS. The van der Waals surface area contributed by atoms with Gasteiger partial charge in [0.25, 0.3) is 0 Å². The quantitative estimate of drug-likeness (QED) is 0.471. The zero-order valence-corrected chi connectivity index (χ0v) is 13.6. The summed E-state index contributed by atoms with van der Waals surface area (Å²) in [6, 6.07) is 5.69. The maximum absolute atomic E-state index is 11.4. The van der Waals surface area contributed by atoms with E-state index in [9.17, 15) is 4.79 Å². The number of hydrogen-bond donors (Lipinski definition) is 2. The first-order chi connectivity index (χ1) is 11.2. The van der Waals surface area contributed by atoms with Crippen LogP contribution >= 0.6 is 11.8 Å². The Kier molecular flexibility index (Phi) is 4.61. The summed E-state index contributed by atoms with van der Waals surface area (Å²) >= 11 is 1.56. The third kappa shape index (κ3) is 3.21. The number of nitrogens with two attached hydrogens (primary N) is 1. The first kappa shape index (κ1) is 15.5. The number of anilines is 3. The Bertz CT molecular complexity index is 696. The SMILES string of the molecule is CCCSc1nc(N)c2c(n1)N(Cc1ccccn1)C(C=O)N2. The van der Waals surface area contributed by atoms with E-state index >= 15 is 0 Å². The van der Waals surface area contributed by atoms with Gasteiger partial charge in [-0.05, 0) is 18.6 Å². The van der Waals surface area contributed by atoms with Crippen LogP contribution in [0.15, 0.2) is 29.6 Å². The maximum atomic E-state index is 11.4. The van der Waals surface area contributed by atoms with E-state index in [2.05, 4.69) is 27.2 Å². The Morgan fingerprint density at radius 3 is 3.00 bits per heavy atom. The van der Waals surface area contributed by atoms with Gasteiger partial charge in [-0.2, -0.15) is 0 Å². The summed E-state index contributed by atoms with van der Waals surface area (Å²) in [4.78, 5) is 26.5. The predicted octanol–water partition coefficient (Wildman–Crippen LogP) is 1.91. The second-order valence-electron chi connectivity index (χ2n) is 5.11. The number of pyridine rings is 1. The van der Waals surface area contributed by atoms with Gasteiger partial charge in [0.05, 0.1) is 12.2 Å². The summed E-state index contributed by atoms with van der Waals surface area (Å²) in [5.74, 6) is 1.94. The smallest absolute Gasteiger partial charge is 0.191 e. The number of nitrogens with zero attached hydrogens (tertiary/aromatic N) is 4. The zero-order chi connectivity index (χ0) is 16.2. The highest BCUT2D eigenvalue weighted by atomic mass is 32.2. The maximum Gasteiger partial charge on any atom is 0.191 e. The average molecular weight is 330 g/mol. The van der Waals surface area contributed by atoms with E-state index in [0.29, 0.717) is 29.0 Å². The van der Waals surface area contributed by atoms with E-state index in [-0.39, 0.29) is 0 Å². The van der Waals surface area contributed by atoms with Gasteiger partial charge in [-0.1, -0.05) is 24.8 Å². The number of carbonyl (C=O) groups is 1. The van der Waals surface area contributed by atoms with Crippen LogP contribution in [0.25, 0.3) is 0 Å². The van der Waals surface area contributed by atoms with Gasteiger partial charge in [0.15, 0.2) is 29.2 Å². The highest BCUT2D eigenvalue weighted by Crippen LogP contribution is 2.38. The number of aldehydes is 1. The van der Waals surface area contributed by atoms with Gasteiger partial charge in [-0.25, -0.2) is 9.97 Å². The van der Waals surface area contributed by atoms with Crippen LogP contribution in [0.4, 0.5) is 17.3 Å². The molecule has 0 amide bonds. The van der Waals surface area contributed by atoms with E-state index in [4.69, 9.17) is 5.73 Å². The average Bonchev–Trinajstić information content (AvgIpc) is 2.92. The van der Waals surface area contributed by atoms with Gasteiger partial charge in [0, 0.05) is 11.9 Å². The minimum Gasteiger partial charge on any atom is -0.382 e. The fourth-order valence-electron chi connectivity index (χ4n) is 2.35. The Morgan fingerprint density at radius 2 is 2.30 bits per heavy atom. The van der Waals surface area contributed by atoms with E-state index < -0.39 is 6.17 Å². The molecule has 0 fully saturated rings. The highest BCUT2D eigenvalue weighted by Gasteiger charge is 2.32. The zero-order valence-electron chi connectivity index (χ0n) is 12.8. The number of rotatable bonds is 6. The molecule has 1 aliphatic heterocycles. The normalized spacial score (nSPS) is 16.0. The van der Waals surface area contributed by atoms with Crippen molar-refractivity contribution in [3.63, 3.8) is 0 Å². The molecule has 120 valence electrons. The van der Waals surface area contributed by atoms with Gasteiger partial charge in [-0.15, -0.1) is 0 Å². The lowest BCUT2D eigenvalue weighted by Crippen LogP contribution is -2.36. The van der Waals surface area contributed by atoms with Crippen molar-refractivity contribution in [1.29, 1.82) is 0 Å². The number of hydrogen-bond acceptors (Lipinski definition) is 8. The van der Waals surface area contributed by atoms with E-state index in [1.54, 1.807) is 18.0 Å². The fraction of sp³-hybridized carbons (Fsp3) is 0.333. The minimum absolute atomic E-state index is 0.365. The molecule has 0 saturated carbocycles. The van der Waals surface area contributed by atoms with Gasteiger partial charge in [0.2, 0.25) is 0 Å². The van der Waals surface area contributed by atoms with Crippen LogP contribution in [0.2, 0.25) is 0 Å². The summed E-state index contributed by atoms with van der Waals surface area (Å²) in [7, 11) is 0. The van der Waals surface area contributed by atoms with Crippen LogP contribution in [-0.2, 0) is 11.3 Å². The molecule has 2 aromatic heterocycles.